The molecular formula is C16H17NO3S. The predicted octanol–water partition coefficient (Wildman–Crippen LogP) is 2.50. The summed E-state index contributed by atoms with van der Waals surface area (Å²) in [6.45, 7) is 0. The van der Waals surface area contributed by atoms with Gasteiger partial charge in [-0.25, -0.2) is 13.1 Å². The lowest BCUT2D eigenvalue weighted by Crippen LogP contribution is -2.28. The lowest BCUT2D eigenvalue weighted by molar-refractivity contribution is 0.469. The van der Waals surface area contributed by atoms with Crippen molar-refractivity contribution in [3.63, 3.8) is 0 Å². The van der Waals surface area contributed by atoms with Crippen LogP contribution in [-0.2, 0) is 22.2 Å². The highest BCUT2D eigenvalue weighted by Gasteiger charge is 2.28. The average molecular weight is 303 g/mol. The Morgan fingerprint density at radius 2 is 1.86 bits per heavy atom. The second-order valence-corrected chi connectivity index (χ2v) is 7.05. The minimum absolute atomic E-state index is 0.0293. The van der Waals surface area contributed by atoms with Gasteiger partial charge in [0.1, 0.15) is 5.75 Å². The van der Waals surface area contributed by atoms with Gasteiger partial charge in [0, 0.05) is 6.04 Å². The monoisotopic (exact) mass is 303 g/mol. The van der Waals surface area contributed by atoms with Gasteiger partial charge in [-0.1, -0.05) is 42.5 Å². The van der Waals surface area contributed by atoms with Crippen LogP contribution in [0.1, 0.15) is 29.2 Å². The van der Waals surface area contributed by atoms with Gasteiger partial charge in [-0.05, 0) is 35.6 Å². The van der Waals surface area contributed by atoms with Gasteiger partial charge in [0.25, 0.3) is 0 Å². The van der Waals surface area contributed by atoms with Gasteiger partial charge in [-0.2, -0.15) is 0 Å². The summed E-state index contributed by atoms with van der Waals surface area (Å²) in [7, 11) is -3.41. The van der Waals surface area contributed by atoms with Crippen LogP contribution < -0.4 is 4.72 Å². The Morgan fingerprint density at radius 1 is 1.10 bits per heavy atom. The zero-order chi connectivity index (χ0) is 14.9. The largest absolute Gasteiger partial charge is 0.508 e. The van der Waals surface area contributed by atoms with Gasteiger partial charge in [0.15, 0.2) is 0 Å². The molecule has 0 bridgehead atoms. The number of nitrogens with one attached hydrogen (secondary N) is 1. The van der Waals surface area contributed by atoms with Gasteiger partial charge in [0.2, 0.25) is 10.0 Å². The van der Waals surface area contributed by atoms with Crippen molar-refractivity contribution in [2.75, 3.05) is 0 Å². The Kier molecular flexibility index (Phi) is 3.69. The minimum Gasteiger partial charge on any atom is -0.508 e. The first-order valence-corrected chi connectivity index (χ1v) is 8.55. The Morgan fingerprint density at radius 3 is 2.62 bits per heavy atom. The third-order valence-corrected chi connectivity index (χ3v) is 5.12. The van der Waals surface area contributed by atoms with Gasteiger partial charge in [-0.15, -0.1) is 0 Å². The molecular weight excluding hydrogens is 286 g/mol. The number of fused-ring (bicyclic) bond motifs is 1. The summed E-state index contributed by atoms with van der Waals surface area (Å²) in [6, 6.07) is 14.1. The molecule has 21 heavy (non-hydrogen) atoms. The molecule has 5 heteroatoms. The van der Waals surface area contributed by atoms with Gasteiger partial charge in [0.05, 0.1) is 5.75 Å². The molecule has 110 valence electrons. The first-order valence-electron chi connectivity index (χ1n) is 6.90. The van der Waals surface area contributed by atoms with E-state index in [0.717, 1.165) is 16.7 Å². The quantitative estimate of drug-likeness (QED) is 0.912. The highest BCUT2D eigenvalue weighted by molar-refractivity contribution is 7.88. The van der Waals surface area contributed by atoms with Crippen molar-refractivity contribution in [1.82, 2.24) is 4.72 Å². The fraction of sp³-hybridized carbons (Fsp3) is 0.250. The van der Waals surface area contributed by atoms with Crippen molar-refractivity contribution in [3.05, 3.63) is 65.2 Å². The molecule has 0 fully saturated rings. The smallest absolute Gasteiger partial charge is 0.216 e. The third kappa shape index (κ3) is 3.09. The van der Waals surface area contributed by atoms with E-state index in [0.29, 0.717) is 12.8 Å². The molecule has 2 N–H and O–H groups in total. The van der Waals surface area contributed by atoms with Gasteiger partial charge >= 0.3 is 0 Å². The summed E-state index contributed by atoms with van der Waals surface area (Å²) in [5, 5.41) is 9.81. The van der Waals surface area contributed by atoms with E-state index in [9.17, 15) is 13.5 Å². The summed E-state index contributed by atoms with van der Waals surface area (Å²) in [6.07, 6.45) is 1.38. The van der Waals surface area contributed by atoms with E-state index in [1.165, 1.54) is 0 Å². The van der Waals surface area contributed by atoms with E-state index in [1.54, 1.807) is 24.3 Å². The SMILES string of the molecule is O=S(=O)(Cc1ccccc1)N[C@@H]1CCc2c(O)cccc21. The Hall–Kier alpha value is -1.85. The van der Waals surface area contributed by atoms with Crippen LogP contribution in [0.25, 0.3) is 0 Å². The number of sulfonamides is 1. The van der Waals surface area contributed by atoms with Crippen LogP contribution in [0.4, 0.5) is 0 Å². The highest BCUT2D eigenvalue weighted by Crippen LogP contribution is 2.36. The Bertz CT molecular complexity index is 741. The van der Waals surface area contributed by atoms with Crippen molar-refractivity contribution in [2.24, 2.45) is 0 Å². The molecule has 3 rings (SSSR count). The van der Waals surface area contributed by atoms with E-state index < -0.39 is 10.0 Å². The van der Waals surface area contributed by atoms with Gasteiger partial charge in [-0.3, -0.25) is 0 Å². The molecule has 0 saturated carbocycles. The molecule has 0 unspecified atom stereocenters. The number of hydrogen-bond donors (Lipinski definition) is 2. The molecule has 0 radical (unpaired) electrons. The van der Waals surface area contributed by atoms with E-state index in [4.69, 9.17) is 0 Å². The summed E-state index contributed by atoms with van der Waals surface area (Å²) < 4.78 is 27.3. The lowest BCUT2D eigenvalue weighted by Gasteiger charge is -2.14. The molecule has 4 nitrogen and oxygen atoms in total. The van der Waals surface area contributed by atoms with Crippen LogP contribution >= 0.6 is 0 Å². The maximum Gasteiger partial charge on any atom is 0.216 e. The van der Waals surface area contributed by atoms with Crippen LogP contribution in [0, 0.1) is 0 Å². The van der Waals surface area contributed by atoms with Crippen molar-refractivity contribution in [2.45, 2.75) is 24.6 Å². The fourth-order valence-electron chi connectivity index (χ4n) is 2.81. The Labute approximate surface area is 124 Å². The summed E-state index contributed by atoms with van der Waals surface area (Å²) in [5.41, 5.74) is 2.50. The second kappa shape index (κ2) is 5.50. The standard InChI is InChI=1S/C16H17NO3S/c18-16-8-4-7-13-14(16)9-10-15(13)17-21(19,20)11-12-5-2-1-3-6-12/h1-8,15,17-18H,9-11H2/t15-/m1/s1. The number of aromatic hydroxyl groups is 1. The molecule has 0 amide bonds. The molecule has 2 aromatic rings. The minimum atomic E-state index is -3.41. The second-order valence-electron chi connectivity index (χ2n) is 5.30. The number of rotatable bonds is 4. The van der Waals surface area contributed by atoms with E-state index in [1.807, 2.05) is 24.3 Å². The number of benzene rings is 2. The van der Waals surface area contributed by atoms with Crippen molar-refractivity contribution in [1.29, 1.82) is 0 Å². The Balaban J connectivity index is 1.78. The van der Waals surface area contributed by atoms with Crippen molar-refractivity contribution < 1.29 is 13.5 Å². The first kappa shape index (κ1) is 14.1. The zero-order valence-corrected chi connectivity index (χ0v) is 12.3. The molecule has 0 spiro atoms. The molecule has 1 aliphatic carbocycles. The van der Waals surface area contributed by atoms with Crippen LogP contribution in [0.15, 0.2) is 48.5 Å². The van der Waals surface area contributed by atoms with Crippen LogP contribution in [0.5, 0.6) is 5.75 Å². The molecule has 1 aliphatic rings. The van der Waals surface area contributed by atoms with Crippen LogP contribution in [0.2, 0.25) is 0 Å². The predicted molar refractivity (Wildman–Crippen MR) is 81.4 cm³/mol. The third-order valence-electron chi connectivity index (χ3n) is 3.77. The molecule has 1 atom stereocenters. The van der Waals surface area contributed by atoms with E-state index >= 15 is 0 Å². The van der Waals surface area contributed by atoms with Gasteiger partial charge < -0.3 is 5.11 Å². The summed E-state index contributed by atoms with van der Waals surface area (Å²) >= 11 is 0. The number of hydrogen-bond acceptors (Lipinski definition) is 3. The molecule has 0 saturated heterocycles. The molecule has 0 heterocycles. The van der Waals surface area contributed by atoms with Crippen LogP contribution in [-0.4, -0.2) is 13.5 Å². The maximum absolute atomic E-state index is 12.3. The van der Waals surface area contributed by atoms with Crippen molar-refractivity contribution >= 4 is 10.0 Å². The topological polar surface area (TPSA) is 66.4 Å². The summed E-state index contributed by atoms with van der Waals surface area (Å²) in [4.78, 5) is 0. The first-order chi connectivity index (χ1) is 10.1. The number of phenols is 1. The average Bonchev–Trinajstić information content (AvgIpc) is 2.83. The highest BCUT2D eigenvalue weighted by atomic mass is 32.2. The normalized spacial score (nSPS) is 17.6. The van der Waals surface area contributed by atoms with Crippen molar-refractivity contribution in [3.8, 4) is 5.75 Å². The lowest BCUT2D eigenvalue weighted by atomic mass is 10.1. The van der Waals surface area contributed by atoms with Crippen LogP contribution in [0.3, 0.4) is 0 Å². The van der Waals surface area contributed by atoms with E-state index in [2.05, 4.69) is 4.72 Å². The zero-order valence-electron chi connectivity index (χ0n) is 11.5. The summed E-state index contributed by atoms with van der Waals surface area (Å²) in [5.74, 6) is 0.218. The fourth-order valence-corrected chi connectivity index (χ4v) is 4.20. The number of phenolic OH excluding ortho intramolecular Hbond substituents is 1. The maximum atomic E-state index is 12.3. The molecule has 0 aromatic heterocycles. The molecule has 0 aliphatic heterocycles. The van der Waals surface area contributed by atoms with E-state index in [-0.39, 0.29) is 17.5 Å². The molecule has 2 aromatic carbocycles.